The topological polar surface area (TPSA) is 21.3 Å². The second-order valence-electron chi connectivity index (χ2n) is 5.65. The Balaban J connectivity index is 1.95. The predicted molar refractivity (Wildman–Crippen MR) is 74.4 cm³/mol. The van der Waals surface area contributed by atoms with Gasteiger partial charge in [-0.25, -0.2) is 0 Å². The molecular formula is C15H31NO. The standard InChI is InChI=1S/C15H31NO/c1-4-5-6-7-8-9-10-16-15-11-13(2)17-14(3)12-15/h13-16H,4-12H2,1-3H3. The molecule has 1 rings (SSSR count). The smallest absolute Gasteiger partial charge is 0.0565 e. The van der Waals surface area contributed by atoms with Crippen LogP contribution in [0, 0.1) is 0 Å². The van der Waals surface area contributed by atoms with Crippen LogP contribution in [0.3, 0.4) is 0 Å². The van der Waals surface area contributed by atoms with Crippen LogP contribution in [-0.2, 0) is 4.74 Å². The Morgan fingerprint density at radius 2 is 1.53 bits per heavy atom. The van der Waals surface area contributed by atoms with Crippen molar-refractivity contribution in [3.05, 3.63) is 0 Å². The van der Waals surface area contributed by atoms with Gasteiger partial charge < -0.3 is 10.1 Å². The van der Waals surface area contributed by atoms with Gasteiger partial charge in [0.2, 0.25) is 0 Å². The maximum absolute atomic E-state index is 5.75. The minimum absolute atomic E-state index is 0.431. The molecular weight excluding hydrogens is 210 g/mol. The average molecular weight is 241 g/mol. The van der Waals surface area contributed by atoms with Crippen molar-refractivity contribution in [1.29, 1.82) is 0 Å². The molecule has 0 aromatic carbocycles. The first kappa shape index (κ1) is 15.0. The maximum Gasteiger partial charge on any atom is 0.0565 e. The normalized spacial score (nSPS) is 29.5. The predicted octanol–water partition coefficient (Wildman–Crippen LogP) is 3.89. The zero-order chi connectivity index (χ0) is 12.5. The van der Waals surface area contributed by atoms with Gasteiger partial charge >= 0.3 is 0 Å². The van der Waals surface area contributed by atoms with E-state index in [1.54, 1.807) is 0 Å². The number of nitrogens with one attached hydrogen (secondary N) is 1. The molecule has 0 amide bonds. The first-order valence-corrected chi connectivity index (χ1v) is 7.61. The quantitative estimate of drug-likeness (QED) is 0.651. The second kappa shape index (κ2) is 8.93. The Hall–Kier alpha value is -0.0800. The molecule has 2 unspecified atom stereocenters. The van der Waals surface area contributed by atoms with Crippen LogP contribution in [-0.4, -0.2) is 24.8 Å². The van der Waals surface area contributed by atoms with E-state index in [1.165, 1.54) is 57.9 Å². The highest BCUT2D eigenvalue weighted by molar-refractivity contribution is 4.78. The molecule has 17 heavy (non-hydrogen) atoms. The van der Waals surface area contributed by atoms with E-state index >= 15 is 0 Å². The van der Waals surface area contributed by atoms with Gasteiger partial charge in [-0.1, -0.05) is 39.0 Å². The van der Waals surface area contributed by atoms with Crippen molar-refractivity contribution in [2.75, 3.05) is 6.54 Å². The number of hydrogen-bond acceptors (Lipinski definition) is 2. The molecule has 0 radical (unpaired) electrons. The minimum atomic E-state index is 0.431. The molecule has 1 N–H and O–H groups in total. The van der Waals surface area contributed by atoms with Crippen LogP contribution >= 0.6 is 0 Å². The van der Waals surface area contributed by atoms with Crippen LogP contribution < -0.4 is 5.32 Å². The zero-order valence-electron chi connectivity index (χ0n) is 12.0. The second-order valence-corrected chi connectivity index (χ2v) is 5.65. The molecule has 1 heterocycles. The number of rotatable bonds is 8. The molecule has 102 valence electrons. The average Bonchev–Trinajstić information content (AvgIpc) is 2.26. The van der Waals surface area contributed by atoms with E-state index in [9.17, 15) is 0 Å². The van der Waals surface area contributed by atoms with Gasteiger partial charge in [0.25, 0.3) is 0 Å². The SMILES string of the molecule is CCCCCCCCNC1CC(C)OC(C)C1. The highest BCUT2D eigenvalue weighted by Crippen LogP contribution is 2.18. The van der Waals surface area contributed by atoms with Crippen molar-refractivity contribution in [3.63, 3.8) is 0 Å². The monoisotopic (exact) mass is 241 g/mol. The third-order valence-corrected chi connectivity index (χ3v) is 3.66. The number of hydrogen-bond donors (Lipinski definition) is 1. The summed E-state index contributed by atoms with van der Waals surface area (Å²) in [6.07, 6.45) is 11.5. The Labute approximate surface area is 108 Å². The summed E-state index contributed by atoms with van der Waals surface area (Å²) in [7, 11) is 0. The molecule has 2 nitrogen and oxygen atoms in total. The van der Waals surface area contributed by atoms with Crippen molar-refractivity contribution in [2.45, 2.75) is 90.4 Å². The fourth-order valence-electron chi connectivity index (χ4n) is 2.78. The van der Waals surface area contributed by atoms with Crippen LogP contribution in [0.15, 0.2) is 0 Å². The van der Waals surface area contributed by atoms with Gasteiger partial charge in [-0.15, -0.1) is 0 Å². The van der Waals surface area contributed by atoms with Crippen LogP contribution in [0.5, 0.6) is 0 Å². The lowest BCUT2D eigenvalue weighted by Crippen LogP contribution is -2.41. The van der Waals surface area contributed by atoms with E-state index < -0.39 is 0 Å². The van der Waals surface area contributed by atoms with Crippen LogP contribution in [0.2, 0.25) is 0 Å². The summed E-state index contributed by atoms with van der Waals surface area (Å²) < 4.78 is 5.75. The summed E-state index contributed by atoms with van der Waals surface area (Å²) in [5.74, 6) is 0. The minimum Gasteiger partial charge on any atom is -0.375 e. The van der Waals surface area contributed by atoms with E-state index in [4.69, 9.17) is 4.74 Å². The van der Waals surface area contributed by atoms with Crippen LogP contribution in [0.1, 0.15) is 72.1 Å². The molecule has 0 aromatic heterocycles. The van der Waals surface area contributed by atoms with Gasteiger partial charge in [-0.2, -0.15) is 0 Å². The first-order chi connectivity index (χ1) is 8.22. The lowest BCUT2D eigenvalue weighted by Gasteiger charge is -2.32. The molecule has 0 aromatic rings. The van der Waals surface area contributed by atoms with Crippen LogP contribution in [0.4, 0.5) is 0 Å². The summed E-state index contributed by atoms with van der Waals surface area (Å²) in [6, 6.07) is 0.685. The van der Waals surface area contributed by atoms with Gasteiger partial charge in [0.15, 0.2) is 0 Å². The van der Waals surface area contributed by atoms with Gasteiger partial charge in [0.05, 0.1) is 12.2 Å². The molecule has 1 aliphatic heterocycles. The summed E-state index contributed by atoms with van der Waals surface area (Å²) in [5, 5.41) is 3.69. The molecule has 1 fully saturated rings. The van der Waals surface area contributed by atoms with Crippen molar-refractivity contribution in [2.24, 2.45) is 0 Å². The Bertz CT molecular complexity index is 174. The van der Waals surface area contributed by atoms with Gasteiger partial charge in [0, 0.05) is 6.04 Å². The fourth-order valence-corrected chi connectivity index (χ4v) is 2.78. The Morgan fingerprint density at radius 1 is 0.941 bits per heavy atom. The van der Waals surface area contributed by atoms with Gasteiger partial charge in [-0.05, 0) is 39.7 Å². The summed E-state index contributed by atoms with van der Waals surface area (Å²) in [5.41, 5.74) is 0. The molecule has 0 spiro atoms. The van der Waals surface area contributed by atoms with Crippen molar-refractivity contribution >= 4 is 0 Å². The van der Waals surface area contributed by atoms with E-state index in [1.807, 2.05) is 0 Å². The van der Waals surface area contributed by atoms with Gasteiger partial charge in [-0.3, -0.25) is 0 Å². The Kier molecular flexibility index (Phi) is 7.87. The molecule has 1 saturated heterocycles. The third kappa shape index (κ3) is 7.05. The van der Waals surface area contributed by atoms with Crippen molar-refractivity contribution in [3.8, 4) is 0 Å². The summed E-state index contributed by atoms with van der Waals surface area (Å²) in [6.45, 7) is 7.84. The van der Waals surface area contributed by atoms with E-state index in [0.717, 1.165) is 0 Å². The third-order valence-electron chi connectivity index (χ3n) is 3.66. The van der Waals surface area contributed by atoms with E-state index in [2.05, 4.69) is 26.1 Å². The van der Waals surface area contributed by atoms with Crippen molar-refractivity contribution in [1.82, 2.24) is 5.32 Å². The molecule has 2 heteroatoms. The van der Waals surface area contributed by atoms with E-state index in [-0.39, 0.29) is 0 Å². The van der Waals surface area contributed by atoms with Crippen LogP contribution in [0.25, 0.3) is 0 Å². The summed E-state index contributed by atoms with van der Waals surface area (Å²) in [4.78, 5) is 0. The molecule has 0 saturated carbocycles. The fraction of sp³-hybridized carbons (Fsp3) is 1.00. The summed E-state index contributed by atoms with van der Waals surface area (Å²) >= 11 is 0. The zero-order valence-corrected chi connectivity index (χ0v) is 12.0. The first-order valence-electron chi connectivity index (χ1n) is 7.61. The molecule has 0 aliphatic carbocycles. The Morgan fingerprint density at radius 3 is 2.18 bits per heavy atom. The van der Waals surface area contributed by atoms with Gasteiger partial charge in [0.1, 0.15) is 0 Å². The molecule has 0 bridgehead atoms. The molecule has 1 aliphatic rings. The lowest BCUT2D eigenvalue weighted by atomic mass is 9.99. The van der Waals surface area contributed by atoms with E-state index in [0.29, 0.717) is 18.2 Å². The number of unbranched alkanes of at least 4 members (excludes halogenated alkanes) is 5. The largest absolute Gasteiger partial charge is 0.375 e. The highest BCUT2D eigenvalue weighted by atomic mass is 16.5. The van der Waals surface area contributed by atoms with Crippen molar-refractivity contribution < 1.29 is 4.74 Å². The maximum atomic E-state index is 5.75. The number of ether oxygens (including phenoxy) is 1. The molecule has 2 atom stereocenters. The lowest BCUT2D eigenvalue weighted by molar-refractivity contribution is -0.0420. The highest BCUT2D eigenvalue weighted by Gasteiger charge is 2.23.